The van der Waals surface area contributed by atoms with E-state index in [9.17, 15) is 14.7 Å². The number of amides is 1. The van der Waals surface area contributed by atoms with Crippen molar-refractivity contribution in [2.24, 2.45) is 5.92 Å². The van der Waals surface area contributed by atoms with E-state index in [-0.39, 0.29) is 11.8 Å². The van der Waals surface area contributed by atoms with Crippen molar-refractivity contribution < 1.29 is 14.7 Å². The molecule has 108 valence electrons. The molecule has 1 saturated heterocycles. The maximum Gasteiger partial charge on any atom is 0.326 e. The van der Waals surface area contributed by atoms with Crippen molar-refractivity contribution in [3.05, 3.63) is 33.8 Å². The lowest BCUT2D eigenvalue weighted by molar-refractivity contribution is -0.145. The summed E-state index contributed by atoms with van der Waals surface area (Å²) in [5.74, 6) is -1.14. The summed E-state index contributed by atoms with van der Waals surface area (Å²) in [5.41, 5.74) is 1.51. The van der Waals surface area contributed by atoms with Gasteiger partial charge < -0.3 is 10.0 Å². The van der Waals surface area contributed by atoms with Gasteiger partial charge in [0.1, 0.15) is 6.04 Å². The van der Waals surface area contributed by atoms with E-state index in [4.69, 9.17) is 0 Å². The molecule has 0 aliphatic carbocycles. The van der Waals surface area contributed by atoms with Crippen LogP contribution in [0, 0.1) is 12.8 Å². The van der Waals surface area contributed by atoms with E-state index in [1.165, 1.54) is 4.90 Å². The largest absolute Gasteiger partial charge is 0.480 e. The quantitative estimate of drug-likeness (QED) is 0.900. The van der Waals surface area contributed by atoms with Gasteiger partial charge in [-0.1, -0.05) is 22.9 Å². The Kier molecular flexibility index (Phi) is 4.48. The first kappa shape index (κ1) is 15.0. The lowest BCUT2D eigenvalue weighted by atomic mass is 9.90. The number of nitrogens with zero attached hydrogens (tertiary/aromatic N) is 1. The van der Waals surface area contributed by atoms with Crippen molar-refractivity contribution in [1.82, 2.24) is 4.90 Å². The summed E-state index contributed by atoms with van der Waals surface area (Å²) in [7, 11) is 0. The zero-order valence-electron chi connectivity index (χ0n) is 11.6. The topological polar surface area (TPSA) is 57.6 Å². The van der Waals surface area contributed by atoms with Crippen molar-refractivity contribution in [2.45, 2.75) is 32.7 Å². The predicted octanol–water partition coefficient (Wildman–Crippen LogP) is 3.08. The molecule has 1 N–H and O–H groups in total. The van der Waals surface area contributed by atoms with Crippen molar-refractivity contribution in [2.75, 3.05) is 6.54 Å². The zero-order valence-corrected chi connectivity index (χ0v) is 13.2. The van der Waals surface area contributed by atoms with Gasteiger partial charge in [0.05, 0.1) is 0 Å². The number of piperidine rings is 1. The average Bonchev–Trinajstić information content (AvgIpc) is 2.35. The number of carbonyl (C=O) groups excluding carboxylic acids is 1. The summed E-state index contributed by atoms with van der Waals surface area (Å²) in [6.45, 7) is 4.31. The number of aliphatic carboxylic acids is 1. The lowest BCUT2D eigenvalue weighted by Crippen LogP contribution is -2.51. The highest BCUT2D eigenvalue weighted by Gasteiger charge is 2.37. The maximum absolute atomic E-state index is 12.6. The Hall–Kier alpha value is -1.36. The van der Waals surface area contributed by atoms with Gasteiger partial charge in [-0.3, -0.25) is 4.79 Å². The first-order valence-electron chi connectivity index (χ1n) is 6.71. The fraction of sp³-hybridized carbons (Fsp3) is 0.467. The number of hydrogen-bond donors (Lipinski definition) is 1. The van der Waals surface area contributed by atoms with Crippen molar-refractivity contribution in [3.63, 3.8) is 0 Å². The second-order valence-electron chi connectivity index (χ2n) is 5.42. The van der Waals surface area contributed by atoms with Gasteiger partial charge in [-0.25, -0.2) is 4.79 Å². The second-order valence-corrected chi connectivity index (χ2v) is 6.33. The summed E-state index contributed by atoms with van der Waals surface area (Å²) in [6.07, 6.45) is 1.70. The number of carboxylic acids is 1. The van der Waals surface area contributed by atoms with Gasteiger partial charge in [-0.2, -0.15) is 0 Å². The first-order valence-corrected chi connectivity index (χ1v) is 7.50. The highest BCUT2D eigenvalue weighted by atomic mass is 79.9. The van der Waals surface area contributed by atoms with Crippen LogP contribution < -0.4 is 0 Å². The molecular weight excluding hydrogens is 322 g/mol. The lowest BCUT2D eigenvalue weighted by Gasteiger charge is -2.37. The van der Waals surface area contributed by atoms with Gasteiger partial charge >= 0.3 is 5.97 Å². The summed E-state index contributed by atoms with van der Waals surface area (Å²) in [4.78, 5) is 25.5. The van der Waals surface area contributed by atoms with Crippen molar-refractivity contribution in [1.29, 1.82) is 0 Å². The molecule has 0 radical (unpaired) electrons. The third-order valence-electron chi connectivity index (χ3n) is 3.74. The number of rotatable bonds is 2. The molecular formula is C15H18BrNO3. The molecule has 1 aliphatic heterocycles. The SMILES string of the molecule is Cc1cc(Br)cc(C(=O)N2CCCC(C)C2C(=O)O)c1. The Morgan fingerprint density at radius 3 is 2.65 bits per heavy atom. The van der Waals surface area contributed by atoms with Crippen LogP contribution in [0.3, 0.4) is 0 Å². The van der Waals surface area contributed by atoms with E-state index in [2.05, 4.69) is 15.9 Å². The van der Waals surface area contributed by atoms with Gasteiger partial charge in [0.2, 0.25) is 0 Å². The van der Waals surface area contributed by atoms with Gasteiger partial charge in [0, 0.05) is 16.6 Å². The molecule has 1 fully saturated rings. The van der Waals surface area contributed by atoms with Crippen molar-refractivity contribution >= 4 is 27.8 Å². The van der Waals surface area contributed by atoms with Gasteiger partial charge in [0.25, 0.3) is 5.91 Å². The number of benzene rings is 1. The standard InChI is InChI=1S/C15H18BrNO3/c1-9-6-11(8-12(16)7-9)14(18)17-5-3-4-10(2)13(17)15(19)20/h6-8,10,13H,3-5H2,1-2H3,(H,19,20). The molecule has 2 atom stereocenters. The highest BCUT2D eigenvalue weighted by molar-refractivity contribution is 9.10. The van der Waals surface area contributed by atoms with E-state index in [1.807, 2.05) is 19.9 Å². The Labute approximate surface area is 126 Å². The number of hydrogen-bond acceptors (Lipinski definition) is 2. The zero-order chi connectivity index (χ0) is 14.9. The Morgan fingerprint density at radius 1 is 1.35 bits per heavy atom. The van der Waals surface area contributed by atoms with Crippen LogP contribution in [-0.2, 0) is 4.79 Å². The van der Waals surface area contributed by atoms with Gasteiger partial charge in [-0.15, -0.1) is 0 Å². The fourth-order valence-electron chi connectivity index (χ4n) is 2.82. The number of carboxylic acid groups (broad SMARTS) is 1. The minimum atomic E-state index is -0.919. The Morgan fingerprint density at radius 2 is 2.05 bits per heavy atom. The van der Waals surface area contributed by atoms with Crippen LogP contribution in [0.25, 0.3) is 0 Å². The van der Waals surface area contributed by atoms with Gasteiger partial charge in [0.15, 0.2) is 0 Å². The Balaban J connectivity index is 2.32. The summed E-state index contributed by atoms with van der Waals surface area (Å²) in [5, 5.41) is 9.38. The maximum atomic E-state index is 12.6. The van der Waals surface area contributed by atoms with Gasteiger partial charge in [-0.05, 0) is 49.4 Å². The van der Waals surface area contributed by atoms with E-state index in [1.54, 1.807) is 12.1 Å². The normalized spacial score (nSPS) is 22.6. The summed E-state index contributed by atoms with van der Waals surface area (Å²) < 4.78 is 0.831. The molecule has 0 bridgehead atoms. The van der Waals surface area contributed by atoms with Crippen LogP contribution in [0.1, 0.15) is 35.7 Å². The number of aryl methyl sites for hydroxylation is 1. The Bertz CT molecular complexity index is 524. The molecule has 1 heterocycles. The van der Waals surface area contributed by atoms with Crippen LogP contribution in [0.4, 0.5) is 0 Å². The van der Waals surface area contributed by atoms with Crippen LogP contribution in [-0.4, -0.2) is 34.5 Å². The van der Waals surface area contributed by atoms with E-state index >= 15 is 0 Å². The molecule has 4 nitrogen and oxygen atoms in total. The van der Waals surface area contributed by atoms with Crippen LogP contribution in [0.2, 0.25) is 0 Å². The van der Waals surface area contributed by atoms with E-state index < -0.39 is 12.0 Å². The molecule has 0 saturated carbocycles. The molecule has 2 unspecified atom stereocenters. The smallest absolute Gasteiger partial charge is 0.326 e. The molecule has 2 rings (SSSR count). The monoisotopic (exact) mass is 339 g/mol. The molecule has 0 spiro atoms. The van der Waals surface area contributed by atoms with E-state index in [0.29, 0.717) is 12.1 Å². The molecule has 5 heteroatoms. The molecule has 1 aromatic rings. The third-order valence-corrected chi connectivity index (χ3v) is 4.19. The summed E-state index contributed by atoms with van der Waals surface area (Å²) >= 11 is 3.37. The summed E-state index contributed by atoms with van der Waals surface area (Å²) in [6, 6.07) is 4.74. The van der Waals surface area contributed by atoms with E-state index in [0.717, 1.165) is 22.9 Å². The minimum absolute atomic E-state index is 0.0153. The molecule has 0 aromatic heterocycles. The third kappa shape index (κ3) is 3.03. The number of carbonyl (C=O) groups is 2. The average molecular weight is 340 g/mol. The number of halogens is 1. The minimum Gasteiger partial charge on any atom is -0.480 e. The number of likely N-dealkylation sites (tertiary alicyclic amines) is 1. The molecule has 1 aliphatic rings. The van der Waals surface area contributed by atoms with Crippen LogP contribution in [0.15, 0.2) is 22.7 Å². The molecule has 20 heavy (non-hydrogen) atoms. The highest BCUT2D eigenvalue weighted by Crippen LogP contribution is 2.26. The fourth-order valence-corrected chi connectivity index (χ4v) is 3.43. The first-order chi connectivity index (χ1) is 9.40. The van der Waals surface area contributed by atoms with Crippen LogP contribution >= 0.6 is 15.9 Å². The predicted molar refractivity (Wildman–Crippen MR) is 79.7 cm³/mol. The molecule has 1 aromatic carbocycles. The molecule has 1 amide bonds. The second kappa shape index (κ2) is 5.95. The van der Waals surface area contributed by atoms with Crippen molar-refractivity contribution in [3.8, 4) is 0 Å². The van der Waals surface area contributed by atoms with Crippen LogP contribution in [0.5, 0.6) is 0 Å².